The van der Waals surface area contributed by atoms with Gasteiger partial charge in [-0.25, -0.2) is 8.42 Å². The summed E-state index contributed by atoms with van der Waals surface area (Å²) in [6, 6.07) is 7.22. The zero-order valence-corrected chi connectivity index (χ0v) is 16.6. The van der Waals surface area contributed by atoms with E-state index in [4.69, 9.17) is 5.73 Å². The Bertz CT molecular complexity index is 639. The number of carbonyl (C=O) groups excluding carboxylic acids is 1. The minimum Gasteiger partial charge on any atom is -0.350 e. The molecule has 2 unspecified atom stereocenters. The van der Waals surface area contributed by atoms with Gasteiger partial charge in [0.15, 0.2) is 0 Å². The number of sulfonamides is 1. The first-order valence-electron chi connectivity index (χ1n) is 8.04. The van der Waals surface area contributed by atoms with Crippen LogP contribution < -0.4 is 15.8 Å². The average molecular weight is 408 g/mol. The number of hydrogen-bond donors (Lipinski definition) is 3. The number of halogens is 1. The van der Waals surface area contributed by atoms with Crippen LogP contribution in [0.4, 0.5) is 0 Å². The van der Waals surface area contributed by atoms with Crippen LogP contribution in [0.3, 0.4) is 0 Å². The standard InChI is InChI=1S/C16H25N3O3S2.ClH/c1-23-10-9-14(16(20)18-15(11-17)12-7-8-12)19-24(21,22)13-5-3-2-4-6-13;/h2-6,12,14-15,19H,7-11,17H2,1H3,(H,18,20);1H. The summed E-state index contributed by atoms with van der Waals surface area (Å²) in [4.78, 5) is 12.7. The molecule has 6 nitrogen and oxygen atoms in total. The molecule has 0 saturated heterocycles. The number of carbonyl (C=O) groups is 1. The molecule has 0 heterocycles. The molecule has 1 saturated carbocycles. The molecule has 1 aromatic carbocycles. The number of nitrogens with one attached hydrogen (secondary N) is 2. The highest BCUT2D eigenvalue weighted by Crippen LogP contribution is 2.32. The highest BCUT2D eigenvalue weighted by molar-refractivity contribution is 7.98. The van der Waals surface area contributed by atoms with Crippen molar-refractivity contribution in [2.24, 2.45) is 11.7 Å². The lowest BCUT2D eigenvalue weighted by atomic mass is 10.1. The number of rotatable bonds is 10. The van der Waals surface area contributed by atoms with Crippen LogP contribution in [-0.2, 0) is 14.8 Å². The Morgan fingerprint density at radius 1 is 1.32 bits per heavy atom. The quantitative estimate of drug-likeness (QED) is 0.543. The molecular weight excluding hydrogens is 382 g/mol. The van der Waals surface area contributed by atoms with E-state index >= 15 is 0 Å². The normalized spacial score (nSPS) is 16.6. The molecule has 1 aliphatic rings. The van der Waals surface area contributed by atoms with Crippen LogP contribution in [-0.4, -0.2) is 45.0 Å². The molecular formula is C16H26ClN3O3S2. The molecule has 0 aliphatic heterocycles. The summed E-state index contributed by atoms with van der Waals surface area (Å²) in [6.07, 6.45) is 4.48. The van der Waals surface area contributed by atoms with Gasteiger partial charge in [-0.3, -0.25) is 4.79 Å². The van der Waals surface area contributed by atoms with Crippen molar-refractivity contribution in [3.05, 3.63) is 30.3 Å². The van der Waals surface area contributed by atoms with Crippen LogP contribution >= 0.6 is 24.2 Å². The van der Waals surface area contributed by atoms with Crippen molar-refractivity contribution in [1.29, 1.82) is 0 Å². The number of amides is 1. The van der Waals surface area contributed by atoms with E-state index in [1.54, 1.807) is 30.0 Å². The molecule has 0 aromatic heterocycles. The summed E-state index contributed by atoms with van der Waals surface area (Å²) in [5.41, 5.74) is 5.72. The van der Waals surface area contributed by atoms with E-state index in [9.17, 15) is 13.2 Å². The topological polar surface area (TPSA) is 101 Å². The lowest BCUT2D eigenvalue weighted by molar-refractivity contribution is -0.123. The number of thioether (sulfide) groups is 1. The van der Waals surface area contributed by atoms with E-state index in [0.717, 1.165) is 12.8 Å². The number of benzene rings is 1. The zero-order valence-electron chi connectivity index (χ0n) is 14.2. The van der Waals surface area contributed by atoms with E-state index < -0.39 is 16.1 Å². The van der Waals surface area contributed by atoms with Gasteiger partial charge in [0.1, 0.15) is 6.04 Å². The maximum atomic E-state index is 12.6. The number of nitrogens with two attached hydrogens (primary N) is 1. The van der Waals surface area contributed by atoms with Crippen LogP contribution in [0, 0.1) is 5.92 Å². The van der Waals surface area contributed by atoms with Gasteiger partial charge in [-0.1, -0.05) is 18.2 Å². The summed E-state index contributed by atoms with van der Waals surface area (Å²) in [6.45, 7) is 0.372. The van der Waals surface area contributed by atoms with Crippen molar-refractivity contribution >= 4 is 40.1 Å². The third kappa shape index (κ3) is 6.79. The first-order chi connectivity index (χ1) is 11.5. The molecule has 0 spiro atoms. The fourth-order valence-electron chi connectivity index (χ4n) is 2.49. The lowest BCUT2D eigenvalue weighted by Gasteiger charge is -2.22. The largest absolute Gasteiger partial charge is 0.350 e. The third-order valence-electron chi connectivity index (χ3n) is 4.05. The highest BCUT2D eigenvalue weighted by Gasteiger charge is 2.33. The molecule has 1 fully saturated rings. The van der Waals surface area contributed by atoms with Crippen LogP contribution in [0.2, 0.25) is 0 Å². The van der Waals surface area contributed by atoms with Crippen LogP contribution in [0.5, 0.6) is 0 Å². The molecule has 2 rings (SSSR count). The van der Waals surface area contributed by atoms with Crippen molar-refractivity contribution in [1.82, 2.24) is 10.0 Å². The van der Waals surface area contributed by atoms with Gasteiger partial charge in [-0.15, -0.1) is 12.4 Å². The monoisotopic (exact) mass is 407 g/mol. The Morgan fingerprint density at radius 2 is 1.96 bits per heavy atom. The minimum atomic E-state index is -3.73. The Kier molecular flexibility index (Phi) is 9.23. The Labute approximate surface area is 160 Å². The Balaban J connectivity index is 0.00000312. The molecule has 1 amide bonds. The van der Waals surface area contributed by atoms with Gasteiger partial charge >= 0.3 is 0 Å². The molecule has 1 aromatic rings. The second-order valence-electron chi connectivity index (χ2n) is 5.96. The second-order valence-corrected chi connectivity index (χ2v) is 8.66. The molecule has 0 bridgehead atoms. The minimum absolute atomic E-state index is 0. The van der Waals surface area contributed by atoms with Crippen LogP contribution in [0.25, 0.3) is 0 Å². The van der Waals surface area contributed by atoms with E-state index in [0.29, 0.717) is 24.6 Å². The van der Waals surface area contributed by atoms with E-state index in [-0.39, 0.29) is 29.3 Å². The van der Waals surface area contributed by atoms with E-state index in [2.05, 4.69) is 10.0 Å². The van der Waals surface area contributed by atoms with E-state index in [1.807, 2.05) is 6.26 Å². The Morgan fingerprint density at radius 3 is 2.48 bits per heavy atom. The first kappa shape index (κ1) is 22.2. The molecule has 0 radical (unpaired) electrons. The fraction of sp³-hybridized carbons (Fsp3) is 0.562. The highest BCUT2D eigenvalue weighted by atomic mass is 35.5. The van der Waals surface area contributed by atoms with Crippen molar-refractivity contribution < 1.29 is 13.2 Å². The van der Waals surface area contributed by atoms with E-state index in [1.165, 1.54) is 12.1 Å². The predicted molar refractivity (Wildman–Crippen MR) is 105 cm³/mol. The van der Waals surface area contributed by atoms with Crippen molar-refractivity contribution in [3.63, 3.8) is 0 Å². The van der Waals surface area contributed by atoms with Gasteiger partial charge in [-0.2, -0.15) is 16.5 Å². The average Bonchev–Trinajstić information content (AvgIpc) is 3.42. The van der Waals surface area contributed by atoms with Gasteiger partial charge in [0.2, 0.25) is 15.9 Å². The predicted octanol–water partition coefficient (Wildman–Crippen LogP) is 1.36. The molecule has 1 aliphatic carbocycles. The molecule has 142 valence electrons. The fourth-order valence-corrected chi connectivity index (χ4v) is 4.21. The molecule has 25 heavy (non-hydrogen) atoms. The smallest absolute Gasteiger partial charge is 0.241 e. The summed E-state index contributed by atoms with van der Waals surface area (Å²) >= 11 is 1.57. The van der Waals surface area contributed by atoms with Crippen LogP contribution in [0.15, 0.2) is 35.2 Å². The van der Waals surface area contributed by atoms with Gasteiger partial charge in [0.05, 0.1) is 4.90 Å². The zero-order chi connectivity index (χ0) is 17.6. The second kappa shape index (κ2) is 10.4. The Hall–Kier alpha value is -0.800. The number of hydrogen-bond acceptors (Lipinski definition) is 5. The summed E-state index contributed by atoms with van der Waals surface area (Å²) in [5, 5.41) is 2.91. The first-order valence-corrected chi connectivity index (χ1v) is 10.9. The van der Waals surface area contributed by atoms with Crippen molar-refractivity contribution in [2.45, 2.75) is 36.2 Å². The summed E-state index contributed by atoms with van der Waals surface area (Å²) in [5.74, 6) is 0.809. The summed E-state index contributed by atoms with van der Waals surface area (Å²) in [7, 11) is -3.73. The SMILES string of the molecule is CSCCC(NS(=O)(=O)c1ccccc1)C(=O)NC(CN)C1CC1.Cl. The maximum Gasteiger partial charge on any atom is 0.241 e. The van der Waals surface area contributed by atoms with Crippen molar-refractivity contribution in [3.8, 4) is 0 Å². The lowest BCUT2D eigenvalue weighted by Crippen LogP contribution is -2.52. The maximum absolute atomic E-state index is 12.6. The molecule has 2 atom stereocenters. The van der Waals surface area contributed by atoms with Crippen molar-refractivity contribution in [2.75, 3.05) is 18.6 Å². The van der Waals surface area contributed by atoms with Gasteiger partial charge in [-0.05, 0) is 49.3 Å². The molecule has 4 N–H and O–H groups in total. The van der Waals surface area contributed by atoms with Gasteiger partial charge in [0.25, 0.3) is 0 Å². The molecule has 9 heteroatoms. The van der Waals surface area contributed by atoms with Crippen LogP contribution in [0.1, 0.15) is 19.3 Å². The summed E-state index contributed by atoms with van der Waals surface area (Å²) < 4.78 is 27.5. The van der Waals surface area contributed by atoms with Gasteiger partial charge < -0.3 is 11.1 Å². The third-order valence-corrected chi connectivity index (χ3v) is 6.18. The van der Waals surface area contributed by atoms with Gasteiger partial charge in [0, 0.05) is 12.6 Å².